The third-order valence-electron chi connectivity index (χ3n) is 4.63. The van der Waals surface area contributed by atoms with Gasteiger partial charge in [-0.25, -0.2) is 0 Å². The van der Waals surface area contributed by atoms with Crippen LogP contribution in [0.15, 0.2) is 42.6 Å². The molecule has 5 nitrogen and oxygen atoms in total. The van der Waals surface area contributed by atoms with E-state index in [2.05, 4.69) is 10.3 Å². The topological polar surface area (TPSA) is 75.0 Å². The monoisotopic (exact) mass is 389 g/mol. The van der Waals surface area contributed by atoms with Gasteiger partial charge in [-0.05, 0) is 56.0 Å². The van der Waals surface area contributed by atoms with E-state index in [9.17, 15) is 18.0 Å². The zero-order valence-corrected chi connectivity index (χ0v) is 14.9. The summed E-state index contributed by atoms with van der Waals surface area (Å²) in [6.45, 7) is 0. The van der Waals surface area contributed by atoms with Crippen molar-refractivity contribution in [1.29, 1.82) is 5.26 Å². The summed E-state index contributed by atoms with van der Waals surface area (Å²) in [5.74, 6) is -0.154. The maximum Gasteiger partial charge on any atom is 0.417 e. The summed E-state index contributed by atoms with van der Waals surface area (Å²) in [6, 6.07) is 9.99. The Hall–Kier alpha value is -3.08. The number of ether oxygens (including phenoxy) is 1. The zero-order chi connectivity index (χ0) is 20.1. The average molecular weight is 389 g/mol. The van der Waals surface area contributed by atoms with Gasteiger partial charge in [0.25, 0.3) is 5.91 Å². The molecule has 0 spiro atoms. The number of aromatic nitrogens is 1. The highest BCUT2D eigenvalue weighted by molar-refractivity contribution is 5.92. The van der Waals surface area contributed by atoms with Gasteiger partial charge in [-0.2, -0.15) is 18.4 Å². The van der Waals surface area contributed by atoms with E-state index in [1.54, 1.807) is 30.5 Å². The number of hydrogen-bond donors (Lipinski definition) is 1. The Balaban J connectivity index is 1.56. The minimum absolute atomic E-state index is 0.0268. The van der Waals surface area contributed by atoms with Gasteiger partial charge < -0.3 is 10.1 Å². The SMILES string of the molecule is N#Cc1ccc(OC2CCC(NC(=O)c3ccccn3)CC2)cc1C(F)(F)F. The minimum Gasteiger partial charge on any atom is -0.490 e. The van der Waals surface area contributed by atoms with Crippen LogP contribution in [0.2, 0.25) is 0 Å². The van der Waals surface area contributed by atoms with Crippen LogP contribution >= 0.6 is 0 Å². The fourth-order valence-corrected chi connectivity index (χ4v) is 3.20. The number of nitrogens with one attached hydrogen (secondary N) is 1. The fraction of sp³-hybridized carbons (Fsp3) is 0.350. The van der Waals surface area contributed by atoms with Crippen LogP contribution in [0.1, 0.15) is 47.3 Å². The lowest BCUT2D eigenvalue weighted by molar-refractivity contribution is -0.137. The van der Waals surface area contributed by atoms with Crippen LogP contribution in [0.25, 0.3) is 0 Å². The Kier molecular flexibility index (Phi) is 5.83. The lowest BCUT2D eigenvalue weighted by Gasteiger charge is -2.29. The number of nitrogens with zero attached hydrogens (tertiary/aromatic N) is 2. The minimum atomic E-state index is -4.61. The molecule has 1 N–H and O–H groups in total. The molecular formula is C20H18F3N3O2. The predicted molar refractivity (Wildman–Crippen MR) is 94.5 cm³/mol. The quantitative estimate of drug-likeness (QED) is 0.855. The van der Waals surface area contributed by atoms with E-state index in [-0.39, 0.29) is 23.8 Å². The number of halogens is 3. The highest BCUT2D eigenvalue weighted by atomic mass is 19.4. The van der Waals surface area contributed by atoms with E-state index in [0.717, 1.165) is 12.1 Å². The third kappa shape index (κ3) is 4.80. The lowest BCUT2D eigenvalue weighted by atomic mass is 9.92. The summed E-state index contributed by atoms with van der Waals surface area (Å²) in [6.07, 6.45) is -0.776. The van der Waals surface area contributed by atoms with Gasteiger partial charge in [0, 0.05) is 12.2 Å². The molecule has 1 heterocycles. The van der Waals surface area contributed by atoms with Crippen molar-refractivity contribution in [2.24, 2.45) is 0 Å². The molecule has 146 valence electrons. The molecule has 1 aliphatic carbocycles. The van der Waals surface area contributed by atoms with Gasteiger partial charge in [0.1, 0.15) is 11.4 Å². The van der Waals surface area contributed by atoms with Crippen LogP contribution in [-0.2, 0) is 6.18 Å². The van der Waals surface area contributed by atoms with Crippen LogP contribution in [0, 0.1) is 11.3 Å². The summed E-state index contributed by atoms with van der Waals surface area (Å²) in [7, 11) is 0. The smallest absolute Gasteiger partial charge is 0.417 e. The number of hydrogen-bond acceptors (Lipinski definition) is 4. The number of carbonyl (C=O) groups excluding carboxylic acids is 1. The van der Waals surface area contributed by atoms with E-state index in [1.165, 1.54) is 6.07 Å². The van der Waals surface area contributed by atoms with E-state index in [1.807, 2.05) is 0 Å². The Bertz CT molecular complexity index is 871. The molecule has 8 heteroatoms. The van der Waals surface area contributed by atoms with Crippen molar-refractivity contribution in [3.63, 3.8) is 0 Å². The largest absolute Gasteiger partial charge is 0.490 e. The molecular weight excluding hydrogens is 371 g/mol. The number of rotatable bonds is 4. The van der Waals surface area contributed by atoms with Crippen molar-refractivity contribution in [3.05, 3.63) is 59.4 Å². The maximum atomic E-state index is 13.1. The first-order chi connectivity index (χ1) is 13.4. The van der Waals surface area contributed by atoms with E-state index in [0.29, 0.717) is 31.4 Å². The van der Waals surface area contributed by atoms with Crippen LogP contribution in [0.5, 0.6) is 5.75 Å². The molecule has 0 radical (unpaired) electrons. The van der Waals surface area contributed by atoms with Crippen molar-refractivity contribution in [2.45, 2.75) is 44.0 Å². The molecule has 0 saturated heterocycles. The molecule has 0 unspecified atom stereocenters. The van der Waals surface area contributed by atoms with Gasteiger partial charge in [-0.15, -0.1) is 0 Å². The van der Waals surface area contributed by atoms with E-state index >= 15 is 0 Å². The summed E-state index contributed by atoms with van der Waals surface area (Å²) < 4.78 is 44.9. The number of alkyl halides is 3. The first kappa shape index (κ1) is 19.7. The highest BCUT2D eigenvalue weighted by Gasteiger charge is 2.34. The van der Waals surface area contributed by atoms with Crippen LogP contribution in [-0.4, -0.2) is 23.0 Å². The molecule has 2 aromatic rings. The van der Waals surface area contributed by atoms with E-state index < -0.39 is 17.3 Å². The number of carbonyl (C=O) groups is 1. The van der Waals surface area contributed by atoms with Crippen LogP contribution in [0.4, 0.5) is 13.2 Å². The van der Waals surface area contributed by atoms with Crippen molar-refractivity contribution in [3.8, 4) is 11.8 Å². The van der Waals surface area contributed by atoms with Gasteiger partial charge in [0.05, 0.1) is 23.3 Å². The van der Waals surface area contributed by atoms with E-state index in [4.69, 9.17) is 10.00 Å². The molecule has 3 rings (SSSR count). The molecule has 1 fully saturated rings. The Morgan fingerprint density at radius 2 is 1.93 bits per heavy atom. The lowest BCUT2D eigenvalue weighted by Crippen LogP contribution is -2.40. The third-order valence-corrected chi connectivity index (χ3v) is 4.63. The highest BCUT2D eigenvalue weighted by Crippen LogP contribution is 2.35. The summed E-state index contributed by atoms with van der Waals surface area (Å²) in [4.78, 5) is 16.1. The Morgan fingerprint density at radius 3 is 2.54 bits per heavy atom. The molecule has 28 heavy (non-hydrogen) atoms. The second kappa shape index (κ2) is 8.30. The predicted octanol–water partition coefficient (Wildman–Crippen LogP) is 4.09. The van der Waals surface area contributed by atoms with Crippen molar-refractivity contribution in [2.75, 3.05) is 0 Å². The van der Waals surface area contributed by atoms with Gasteiger partial charge in [0.2, 0.25) is 0 Å². The summed E-state index contributed by atoms with van der Waals surface area (Å²) in [5, 5.41) is 11.8. The summed E-state index contributed by atoms with van der Waals surface area (Å²) >= 11 is 0. The molecule has 1 aromatic heterocycles. The van der Waals surface area contributed by atoms with Gasteiger partial charge >= 0.3 is 6.18 Å². The molecule has 0 aliphatic heterocycles. The van der Waals surface area contributed by atoms with Crippen LogP contribution < -0.4 is 10.1 Å². The number of nitriles is 1. The summed E-state index contributed by atoms with van der Waals surface area (Å²) in [5.41, 5.74) is -1.08. The second-order valence-corrected chi connectivity index (χ2v) is 6.60. The van der Waals surface area contributed by atoms with Crippen LogP contribution in [0.3, 0.4) is 0 Å². The molecule has 0 bridgehead atoms. The number of benzene rings is 1. The Labute approximate surface area is 160 Å². The first-order valence-electron chi connectivity index (χ1n) is 8.86. The fourth-order valence-electron chi connectivity index (χ4n) is 3.20. The Morgan fingerprint density at radius 1 is 1.18 bits per heavy atom. The average Bonchev–Trinajstić information content (AvgIpc) is 2.69. The van der Waals surface area contributed by atoms with Crippen molar-refractivity contribution >= 4 is 5.91 Å². The number of amides is 1. The molecule has 1 aromatic carbocycles. The zero-order valence-electron chi connectivity index (χ0n) is 14.9. The van der Waals surface area contributed by atoms with Gasteiger partial charge in [-0.3, -0.25) is 9.78 Å². The molecule has 1 amide bonds. The maximum absolute atomic E-state index is 13.1. The molecule has 1 saturated carbocycles. The molecule has 0 atom stereocenters. The van der Waals surface area contributed by atoms with Gasteiger partial charge in [-0.1, -0.05) is 6.07 Å². The van der Waals surface area contributed by atoms with Crippen molar-refractivity contribution in [1.82, 2.24) is 10.3 Å². The first-order valence-corrected chi connectivity index (χ1v) is 8.86. The van der Waals surface area contributed by atoms with Gasteiger partial charge in [0.15, 0.2) is 0 Å². The standard InChI is InChI=1S/C20H18F3N3O2/c21-20(22,23)17-11-16(7-4-13(17)12-24)28-15-8-5-14(6-9-15)26-19(27)18-3-1-2-10-25-18/h1-4,7,10-11,14-15H,5-6,8-9H2,(H,26,27). The second-order valence-electron chi connectivity index (χ2n) is 6.60. The van der Waals surface area contributed by atoms with Crippen molar-refractivity contribution < 1.29 is 22.7 Å². The number of pyridine rings is 1. The normalized spacial score (nSPS) is 19.5. The molecule has 1 aliphatic rings.